The molecule has 3 rings (SSSR count). The fraction of sp³-hybridized carbons (Fsp3) is 0.400. The summed E-state index contributed by atoms with van der Waals surface area (Å²) in [5.41, 5.74) is 3.12. The second kappa shape index (κ2) is 5.29. The Bertz CT molecular complexity index is 674. The quantitative estimate of drug-likeness (QED) is 0.925. The van der Waals surface area contributed by atoms with Crippen LogP contribution in [0.1, 0.15) is 33.6 Å². The first-order valence-corrected chi connectivity index (χ1v) is 6.97. The Balaban J connectivity index is 1.61. The summed E-state index contributed by atoms with van der Waals surface area (Å²) in [5, 5.41) is 13.5. The number of rotatable bonds is 4. The van der Waals surface area contributed by atoms with Crippen molar-refractivity contribution in [3.05, 3.63) is 47.0 Å². The number of likely N-dealkylation sites (tertiary alicyclic amines) is 1. The first-order valence-electron chi connectivity index (χ1n) is 6.97. The third-order valence-corrected chi connectivity index (χ3v) is 3.74. The molecule has 0 saturated carbocycles. The Labute approximate surface area is 123 Å². The predicted molar refractivity (Wildman–Crippen MR) is 77.2 cm³/mol. The summed E-state index contributed by atoms with van der Waals surface area (Å²) in [6.07, 6.45) is 0. The summed E-state index contributed by atoms with van der Waals surface area (Å²) in [7, 11) is 0. The lowest BCUT2D eigenvalue weighted by atomic mass is 10.1. The van der Waals surface area contributed by atoms with E-state index in [2.05, 4.69) is 32.7 Å². The summed E-state index contributed by atoms with van der Waals surface area (Å²) in [6, 6.07) is 7.61. The molecule has 0 radical (unpaired) electrons. The molecular formula is C15H18N4O2. The van der Waals surface area contributed by atoms with E-state index in [1.54, 1.807) is 6.07 Å². The average molecular weight is 286 g/mol. The van der Waals surface area contributed by atoms with Gasteiger partial charge in [-0.1, -0.05) is 6.07 Å². The van der Waals surface area contributed by atoms with Gasteiger partial charge in [0.05, 0.1) is 17.4 Å². The molecule has 3 heterocycles. The van der Waals surface area contributed by atoms with Gasteiger partial charge in [-0.15, -0.1) is 0 Å². The number of aromatic nitrogens is 3. The van der Waals surface area contributed by atoms with Gasteiger partial charge in [0.2, 0.25) is 0 Å². The molecular weight excluding hydrogens is 268 g/mol. The van der Waals surface area contributed by atoms with Crippen LogP contribution in [0.25, 0.3) is 0 Å². The van der Waals surface area contributed by atoms with E-state index in [0.29, 0.717) is 12.6 Å². The summed E-state index contributed by atoms with van der Waals surface area (Å²) in [4.78, 5) is 17.3. The third-order valence-electron chi connectivity index (χ3n) is 3.74. The van der Waals surface area contributed by atoms with Crippen LogP contribution in [0.4, 0.5) is 0 Å². The third kappa shape index (κ3) is 2.80. The highest BCUT2D eigenvalue weighted by Crippen LogP contribution is 2.24. The van der Waals surface area contributed by atoms with E-state index in [0.717, 1.165) is 24.5 Å². The number of carbonyl (C=O) groups is 1. The zero-order valence-electron chi connectivity index (χ0n) is 12.2. The smallest absolute Gasteiger partial charge is 0.354 e. The Morgan fingerprint density at radius 2 is 2.14 bits per heavy atom. The molecule has 0 bridgehead atoms. The molecule has 110 valence electrons. The number of carboxylic acids is 1. The van der Waals surface area contributed by atoms with Crippen molar-refractivity contribution >= 4 is 5.97 Å². The van der Waals surface area contributed by atoms with Crippen LogP contribution in [0, 0.1) is 13.8 Å². The zero-order chi connectivity index (χ0) is 15.0. The molecule has 21 heavy (non-hydrogen) atoms. The maximum absolute atomic E-state index is 10.9. The molecule has 1 saturated heterocycles. The van der Waals surface area contributed by atoms with Gasteiger partial charge in [0.25, 0.3) is 0 Å². The molecule has 0 atom stereocenters. The summed E-state index contributed by atoms with van der Waals surface area (Å²) < 4.78 is 2.08. The van der Waals surface area contributed by atoms with Crippen molar-refractivity contribution in [3.63, 3.8) is 0 Å². The second-order valence-electron chi connectivity index (χ2n) is 5.54. The number of aryl methyl sites for hydroxylation is 2. The van der Waals surface area contributed by atoms with Crippen molar-refractivity contribution in [2.75, 3.05) is 13.1 Å². The van der Waals surface area contributed by atoms with Crippen LogP contribution in [0.2, 0.25) is 0 Å². The molecule has 1 fully saturated rings. The van der Waals surface area contributed by atoms with Gasteiger partial charge in [-0.25, -0.2) is 9.78 Å². The second-order valence-corrected chi connectivity index (χ2v) is 5.54. The zero-order valence-corrected chi connectivity index (χ0v) is 12.2. The highest BCUT2D eigenvalue weighted by molar-refractivity contribution is 5.85. The van der Waals surface area contributed by atoms with E-state index in [-0.39, 0.29) is 5.69 Å². The molecule has 0 aromatic carbocycles. The molecule has 6 nitrogen and oxygen atoms in total. The van der Waals surface area contributed by atoms with Crippen LogP contribution in [0.3, 0.4) is 0 Å². The molecule has 0 spiro atoms. The molecule has 1 N–H and O–H groups in total. The number of nitrogens with zero attached hydrogens (tertiary/aromatic N) is 4. The highest BCUT2D eigenvalue weighted by Gasteiger charge is 2.29. The molecule has 2 aromatic rings. The Hall–Kier alpha value is -2.21. The minimum Gasteiger partial charge on any atom is -0.477 e. The lowest BCUT2D eigenvalue weighted by Crippen LogP contribution is -2.47. The molecule has 0 aliphatic carbocycles. The van der Waals surface area contributed by atoms with Gasteiger partial charge in [0, 0.05) is 25.3 Å². The predicted octanol–water partition coefficient (Wildman–Crippen LogP) is 1.65. The van der Waals surface area contributed by atoms with E-state index in [1.165, 1.54) is 11.8 Å². The van der Waals surface area contributed by atoms with Crippen LogP contribution >= 0.6 is 0 Å². The van der Waals surface area contributed by atoms with E-state index in [9.17, 15) is 4.79 Å². The van der Waals surface area contributed by atoms with Gasteiger partial charge in [-0.3, -0.25) is 9.58 Å². The topological polar surface area (TPSA) is 71.2 Å². The SMILES string of the molecule is Cc1cc(C)n(C2CN(Cc3cccc(C(=O)O)n3)C2)n1. The van der Waals surface area contributed by atoms with Gasteiger partial charge in [-0.2, -0.15) is 5.10 Å². The van der Waals surface area contributed by atoms with Crippen LogP contribution in [-0.4, -0.2) is 43.8 Å². The van der Waals surface area contributed by atoms with Crippen molar-refractivity contribution in [1.29, 1.82) is 0 Å². The van der Waals surface area contributed by atoms with E-state index >= 15 is 0 Å². The number of hydrogen-bond acceptors (Lipinski definition) is 4. The van der Waals surface area contributed by atoms with Crippen LogP contribution in [0.5, 0.6) is 0 Å². The van der Waals surface area contributed by atoms with Gasteiger partial charge in [0.15, 0.2) is 0 Å². The Morgan fingerprint density at radius 3 is 2.76 bits per heavy atom. The molecule has 6 heteroatoms. The first kappa shape index (κ1) is 13.8. The largest absolute Gasteiger partial charge is 0.477 e. The van der Waals surface area contributed by atoms with Crippen molar-refractivity contribution in [3.8, 4) is 0 Å². The van der Waals surface area contributed by atoms with Crippen LogP contribution in [-0.2, 0) is 6.54 Å². The Kier molecular flexibility index (Phi) is 3.47. The lowest BCUT2D eigenvalue weighted by Gasteiger charge is -2.39. The Morgan fingerprint density at radius 1 is 1.38 bits per heavy atom. The fourth-order valence-corrected chi connectivity index (χ4v) is 2.76. The fourth-order valence-electron chi connectivity index (χ4n) is 2.76. The van der Waals surface area contributed by atoms with Crippen molar-refractivity contribution in [1.82, 2.24) is 19.7 Å². The van der Waals surface area contributed by atoms with Crippen molar-refractivity contribution in [2.24, 2.45) is 0 Å². The number of aromatic carboxylic acids is 1. The number of hydrogen-bond donors (Lipinski definition) is 1. The minimum atomic E-state index is -0.985. The van der Waals surface area contributed by atoms with E-state index in [4.69, 9.17) is 5.11 Å². The van der Waals surface area contributed by atoms with Crippen LogP contribution < -0.4 is 0 Å². The summed E-state index contributed by atoms with van der Waals surface area (Å²) in [5.74, 6) is -0.985. The number of carboxylic acid groups (broad SMARTS) is 1. The van der Waals surface area contributed by atoms with Crippen LogP contribution in [0.15, 0.2) is 24.3 Å². The molecule has 1 aliphatic rings. The van der Waals surface area contributed by atoms with Gasteiger partial charge in [-0.05, 0) is 32.0 Å². The van der Waals surface area contributed by atoms with E-state index in [1.807, 2.05) is 13.0 Å². The monoisotopic (exact) mass is 286 g/mol. The van der Waals surface area contributed by atoms with Crippen molar-refractivity contribution < 1.29 is 9.90 Å². The molecule has 2 aromatic heterocycles. The van der Waals surface area contributed by atoms with Gasteiger partial charge < -0.3 is 5.11 Å². The highest BCUT2D eigenvalue weighted by atomic mass is 16.4. The first-order chi connectivity index (χ1) is 10.0. The normalized spacial score (nSPS) is 15.9. The number of pyridine rings is 1. The molecule has 1 aliphatic heterocycles. The maximum Gasteiger partial charge on any atom is 0.354 e. The lowest BCUT2D eigenvalue weighted by molar-refractivity contribution is 0.0687. The standard InChI is InChI=1S/C15H18N4O2/c1-10-6-11(2)19(17-10)13-8-18(9-13)7-12-4-3-5-14(16-12)15(20)21/h3-6,13H,7-9H2,1-2H3,(H,20,21). The maximum atomic E-state index is 10.9. The minimum absolute atomic E-state index is 0.100. The molecule has 0 unspecified atom stereocenters. The van der Waals surface area contributed by atoms with E-state index < -0.39 is 5.97 Å². The average Bonchev–Trinajstić information content (AvgIpc) is 2.72. The molecule has 0 amide bonds. The van der Waals surface area contributed by atoms with Gasteiger partial charge >= 0.3 is 5.97 Å². The summed E-state index contributed by atoms with van der Waals surface area (Å²) in [6.45, 7) is 6.58. The van der Waals surface area contributed by atoms with Crippen molar-refractivity contribution in [2.45, 2.75) is 26.4 Å². The van der Waals surface area contributed by atoms with Gasteiger partial charge in [0.1, 0.15) is 5.69 Å². The summed E-state index contributed by atoms with van der Waals surface area (Å²) >= 11 is 0.